The Morgan fingerprint density at radius 3 is 2.82 bits per heavy atom. The third-order valence-corrected chi connectivity index (χ3v) is 6.49. The van der Waals surface area contributed by atoms with E-state index in [4.69, 9.17) is 5.53 Å². The Kier molecular flexibility index (Phi) is 6.88. The van der Waals surface area contributed by atoms with E-state index in [0.717, 1.165) is 25.3 Å². The van der Waals surface area contributed by atoms with Crippen molar-refractivity contribution in [2.45, 2.75) is 6.42 Å². The van der Waals surface area contributed by atoms with Crippen molar-refractivity contribution in [3.8, 4) is 0 Å². The van der Waals surface area contributed by atoms with Crippen molar-refractivity contribution in [1.82, 2.24) is 9.88 Å². The van der Waals surface area contributed by atoms with E-state index >= 15 is 0 Å². The van der Waals surface area contributed by atoms with Gasteiger partial charge >= 0.3 is 0 Å². The number of nitrogens with one attached hydrogen (secondary N) is 3. The molecule has 0 bridgehead atoms. The number of pyridine rings is 1. The predicted octanol–water partition coefficient (Wildman–Crippen LogP) is 4.93. The van der Waals surface area contributed by atoms with Crippen LogP contribution in [-0.4, -0.2) is 40.9 Å². The second-order valence-corrected chi connectivity index (χ2v) is 8.88. The van der Waals surface area contributed by atoms with Crippen LogP contribution >= 0.6 is 11.8 Å². The molecular formula is C24H24FN5O2S. The van der Waals surface area contributed by atoms with Crippen molar-refractivity contribution in [1.29, 1.82) is 5.53 Å². The lowest BCUT2D eigenvalue weighted by Gasteiger charge is -2.16. The smallest absolute Gasteiger partial charge is 0.258 e. The Morgan fingerprint density at radius 2 is 2.09 bits per heavy atom. The zero-order valence-electron chi connectivity index (χ0n) is 18.1. The Hall–Kier alpha value is -3.46. The maximum atomic E-state index is 13.6. The highest BCUT2D eigenvalue weighted by Crippen LogP contribution is 2.23. The van der Waals surface area contributed by atoms with Crippen LogP contribution in [0, 0.1) is 17.3 Å². The van der Waals surface area contributed by atoms with Crippen LogP contribution in [0.4, 0.5) is 10.1 Å². The number of fused-ring (bicyclic) bond motifs is 1. The molecule has 0 spiro atoms. The van der Waals surface area contributed by atoms with Gasteiger partial charge in [0, 0.05) is 41.4 Å². The monoisotopic (exact) mass is 465 g/mol. The average molecular weight is 466 g/mol. The minimum atomic E-state index is -0.426. The molecule has 2 aromatic carbocycles. The molecule has 1 aromatic heterocycles. The van der Waals surface area contributed by atoms with Crippen LogP contribution < -0.4 is 10.9 Å². The number of aromatic amines is 1. The number of H-pyrrole nitrogens is 1. The molecule has 0 aliphatic carbocycles. The van der Waals surface area contributed by atoms with Crippen molar-refractivity contribution in [2.75, 3.05) is 30.4 Å². The summed E-state index contributed by atoms with van der Waals surface area (Å²) in [6.45, 7) is 1.58. The number of carbonyl (C=O) groups is 1. The van der Waals surface area contributed by atoms with E-state index in [1.807, 2.05) is 16.7 Å². The molecule has 0 saturated carbocycles. The van der Waals surface area contributed by atoms with Crippen molar-refractivity contribution >= 4 is 40.0 Å². The molecular weight excluding hydrogens is 441 g/mol. The fourth-order valence-corrected chi connectivity index (χ4v) is 4.71. The number of likely N-dealkylation sites (tertiary alicyclic amines) is 1. The number of hydrogen-bond acceptors (Lipinski definition) is 6. The summed E-state index contributed by atoms with van der Waals surface area (Å²) >= 11 is 1.81. The van der Waals surface area contributed by atoms with E-state index in [9.17, 15) is 14.0 Å². The first-order chi connectivity index (χ1) is 16.0. The van der Waals surface area contributed by atoms with Crippen molar-refractivity contribution in [2.24, 2.45) is 11.0 Å². The van der Waals surface area contributed by atoms with Gasteiger partial charge in [0.25, 0.3) is 11.5 Å². The Balaban J connectivity index is 1.48. The number of anilines is 1. The van der Waals surface area contributed by atoms with Crippen LogP contribution in [0.2, 0.25) is 0 Å². The van der Waals surface area contributed by atoms with Gasteiger partial charge in [-0.1, -0.05) is 0 Å². The molecule has 1 atom stereocenters. The summed E-state index contributed by atoms with van der Waals surface area (Å²) in [7, 11) is 0. The third kappa shape index (κ3) is 5.14. The zero-order chi connectivity index (χ0) is 23.4. The van der Waals surface area contributed by atoms with Crippen LogP contribution in [0.5, 0.6) is 0 Å². The number of aromatic nitrogens is 1. The second-order valence-electron chi connectivity index (χ2n) is 7.97. The van der Waals surface area contributed by atoms with E-state index in [-0.39, 0.29) is 17.2 Å². The number of amides is 1. The molecule has 7 nitrogen and oxygen atoms in total. The lowest BCUT2D eigenvalue weighted by molar-refractivity contribution is 0.0788. The minimum Gasteiger partial charge on any atom is -0.360 e. The van der Waals surface area contributed by atoms with Crippen molar-refractivity contribution < 1.29 is 9.18 Å². The van der Waals surface area contributed by atoms with E-state index in [1.165, 1.54) is 30.5 Å². The molecule has 1 aliphatic rings. The van der Waals surface area contributed by atoms with E-state index in [2.05, 4.69) is 21.7 Å². The number of nitrogens with zero attached hydrogens (tertiary/aromatic N) is 2. The molecule has 9 heteroatoms. The summed E-state index contributed by atoms with van der Waals surface area (Å²) in [6.07, 6.45) is 4.56. The van der Waals surface area contributed by atoms with Crippen LogP contribution in [0.15, 0.2) is 64.6 Å². The molecule has 1 fully saturated rings. The fraction of sp³-hybridized carbons (Fsp3) is 0.250. The number of rotatable bonds is 7. The maximum absolute atomic E-state index is 13.6. The van der Waals surface area contributed by atoms with Gasteiger partial charge in [-0.2, -0.15) is 16.9 Å². The summed E-state index contributed by atoms with van der Waals surface area (Å²) in [5, 5.41) is 6.97. The molecule has 1 amide bonds. The first kappa shape index (κ1) is 22.7. The lowest BCUT2D eigenvalue weighted by atomic mass is 10.1. The summed E-state index contributed by atoms with van der Waals surface area (Å²) in [4.78, 5) is 29.8. The SMILES string of the molecule is CSCC1CCN(C(=O)c2ccc(N/C=C(\N=N)c3cc4cc(F)ccc4[nH]c3=O)cc2)C1. The Labute approximate surface area is 194 Å². The molecule has 4 rings (SSSR count). The van der Waals surface area contributed by atoms with Crippen LogP contribution in [0.1, 0.15) is 22.3 Å². The maximum Gasteiger partial charge on any atom is 0.258 e. The van der Waals surface area contributed by atoms with E-state index < -0.39 is 11.4 Å². The average Bonchev–Trinajstić information content (AvgIpc) is 3.29. The molecule has 1 unspecified atom stereocenters. The standard InChI is InChI=1S/C24H24FN5O2S/c1-33-14-15-8-9-30(13-15)24(32)16-2-5-19(6-3-16)27-12-22(29-26)20-11-17-10-18(25)4-7-21(17)28-23(20)31/h2-7,10-12,15,26-27H,8-9,13-14H2,1H3,(H,28,31)/b22-12-,29-26?. The first-order valence-corrected chi connectivity index (χ1v) is 11.9. The molecule has 0 radical (unpaired) electrons. The van der Waals surface area contributed by atoms with Gasteiger partial charge in [-0.3, -0.25) is 9.59 Å². The van der Waals surface area contributed by atoms with Crippen LogP contribution in [0.25, 0.3) is 16.6 Å². The summed E-state index contributed by atoms with van der Waals surface area (Å²) in [6, 6.07) is 12.6. The topological polar surface area (TPSA) is 101 Å². The van der Waals surface area contributed by atoms with Gasteiger partial charge in [0.05, 0.1) is 5.56 Å². The van der Waals surface area contributed by atoms with Gasteiger partial charge in [-0.05, 0) is 72.9 Å². The summed E-state index contributed by atoms with van der Waals surface area (Å²) in [5.41, 5.74) is 9.10. The number of benzene rings is 2. The summed E-state index contributed by atoms with van der Waals surface area (Å²) in [5.74, 6) is 1.22. The van der Waals surface area contributed by atoms with E-state index in [0.29, 0.717) is 28.1 Å². The predicted molar refractivity (Wildman–Crippen MR) is 130 cm³/mol. The Bertz CT molecular complexity index is 1270. The lowest BCUT2D eigenvalue weighted by Crippen LogP contribution is -2.28. The largest absolute Gasteiger partial charge is 0.360 e. The number of carbonyl (C=O) groups excluding carboxylic acids is 1. The van der Waals surface area contributed by atoms with Gasteiger partial charge in [0.2, 0.25) is 0 Å². The van der Waals surface area contributed by atoms with Gasteiger partial charge in [-0.15, -0.1) is 0 Å². The first-order valence-electron chi connectivity index (χ1n) is 10.5. The second kappa shape index (κ2) is 9.99. The van der Waals surface area contributed by atoms with Crippen LogP contribution in [0.3, 0.4) is 0 Å². The molecule has 3 aromatic rings. The molecule has 1 aliphatic heterocycles. The highest BCUT2D eigenvalue weighted by atomic mass is 32.2. The Morgan fingerprint density at radius 1 is 1.30 bits per heavy atom. The molecule has 3 N–H and O–H groups in total. The fourth-order valence-electron chi connectivity index (χ4n) is 3.97. The summed E-state index contributed by atoms with van der Waals surface area (Å²) < 4.78 is 13.6. The zero-order valence-corrected chi connectivity index (χ0v) is 18.9. The van der Waals surface area contributed by atoms with Gasteiger partial charge in [-0.25, -0.2) is 9.92 Å². The normalized spacial score (nSPS) is 16.2. The van der Waals surface area contributed by atoms with E-state index in [1.54, 1.807) is 24.3 Å². The molecule has 2 heterocycles. The number of thioether (sulfide) groups is 1. The third-order valence-electron chi connectivity index (χ3n) is 5.69. The highest BCUT2D eigenvalue weighted by molar-refractivity contribution is 7.98. The quantitative estimate of drug-likeness (QED) is 0.431. The molecule has 33 heavy (non-hydrogen) atoms. The van der Waals surface area contributed by atoms with Gasteiger partial charge < -0.3 is 15.2 Å². The van der Waals surface area contributed by atoms with Crippen LogP contribution in [-0.2, 0) is 0 Å². The minimum absolute atomic E-state index is 0.0254. The van der Waals surface area contributed by atoms with Gasteiger partial charge in [0.1, 0.15) is 11.5 Å². The van der Waals surface area contributed by atoms with Crippen molar-refractivity contribution in [3.05, 3.63) is 82.0 Å². The van der Waals surface area contributed by atoms with Crippen molar-refractivity contribution in [3.63, 3.8) is 0 Å². The number of halogens is 1. The number of hydrogen-bond donors (Lipinski definition) is 3. The van der Waals surface area contributed by atoms with Gasteiger partial charge in [0.15, 0.2) is 0 Å². The molecule has 170 valence electrons. The highest BCUT2D eigenvalue weighted by Gasteiger charge is 2.26. The molecule has 1 saturated heterocycles.